The lowest BCUT2D eigenvalue weighted by Gasteiger charge is -2.36. The fraction of sp³-hybridized carbons (Fsp3) is 0.353. The van der Waals surface area contributed by atoms with E-state index in [0.717, 1.165) is 43.0 Å². The molecule has 1 aromatic heterocycles. The molecule has 4 N–H and O–H groups in total. The van der Waals surface area contributed by atoms with Crippen molar-refractivity contribution < 1.29 is 4.74 Å². The Morgan fingerprint density at radius 3 is 3.00 bits per heavy atom. The largest absolute Gasteiger partial charge is 0.468 e. The number of pyridine rings is 1. The molecule has 0 bridgehead atoms. The first-order chi connectivity index (χ1) is 11.6. The summed E-state index contributed by atoms with van der Waals surface area (Å²) in [6.07, 6.45) is 10.9. The number of halogens is 1. The zero-order chi connectivity index (χ0) is 16.7. The van der Waals surface area contributed by atoms with Crippen molar-refractivity contribution in [3.63, 3.8) is 0 Å². The summed E-state index contributed by atoms with van der Waals surface area (Å²) in [6.45, 7) is 1.83. The van der Waals surface area contributed by atoms with Crippen LogP contribution in [0.15, 0.2) is 53.3 Å². The topological polar surface area (TPSA) is 80.6 Å². The normalized spacial score (nSPS) is 26.4. The Balaban J connectivity index is 1.73. The highest BCUT2D eigenvalue weighted by Crippen LogP contribution is 2.40. The van der Waals surface area contributed by atoms with Crippen LogP contribution in [0.4, 0.5) is 11.4 Å². The summed E-state index contributed by atoms with van der Waals surface area (Å²) in [5.41, 5.74) is 15.0. The highest BCUT2D eigenvalue weighted by Gasteiger charge is 2.31. The van der Waals surface area contributed by atoms with E-state index < -0.39 is 6.23 Å². The van der Waals surface area contributed by atoms with Crippen LogP contribution < -0.4 is 21.3 Å². The summed E-state index contributed by atoms with van der Waals surface area (Å²) in [6, 6.07) is 2.22. The lowest BCUT2D eigenvalue weighted by molar-refractivity contribution is 0.185. The molecule has 4 rings (SSSR count). The monoisotopic (exact) mass is 345 g/mol. The summed E-state index contributed by atoms with van der Waals surface area (Å²) >= 11 is 6.25. The van der Waals surface area contributed by atoms with Gasteiger partial charge in [0.05, 0.1) is 28.3 Å². The molecule has 4 heterocycles. The Bertz CT molecular complexity index is 744. The van der Waals surface area contributed by atoms with E-state index in [0.29, 0.717) is 10.8 Å². The van der Waals surface area contributed by atoms with Gasteiger partial charge in [-0.1, -0.05) is 11.6 Å². The predicted octanol–water partition coefficient (Wildman–Crippen LogP) is 1.99. The van der Waals surface area contributed by atoms with Crippen molar-refractivity contribution in [2.24, 2.45) is 11.5 Å². The second-order valence-corrected chi connectivity index (χ2v) is 6.62. The minimum absolute atomic E-state index is 0.198. The maximum Gasteiger partial charge on any atom is 0.169 e. The number of anilines is 2. The van der Waals surface area contributed by atoms with Gasteiger partial charge in [-0.05, 0) is 31.1 Å². The van der Waals surface area contributed by atoms with Gasteiger partial charge in [0.15, 0.2) is 12.0 Å². The average Bonchev–Trinajstić information content (AvgIpc) is 2.98. The minimum atomic E-state index is -0.491. The summed E-state index contributed by atoms with van der Waals surface area (Å²) < 4.78 is 5.62. The third kappa shape index (κ3) is 2.66. The molecule has 0 aliphatic carbocycles. The minimum Gasteiger partial charge on any atom is -0.468 e. The Labute approximate surface area is 146 Å². The number of rotatable bonds is 2. The van der Waals surface area contributed by atoms with Crippen LogP contribution in [0.5, 0.6) is 0 Å². The van der Waals surface area contributed by atoms with Crippen LogP contribution in [0, 0.1) is 0 Å². The average molecular weight is 346 g/mol. The van der Waals surface area contributed by atoms with Gasteiger partial charge in [0.1, 0.15) is 0 Å². The lowest BCUT2D eigenvalue weighted by atomic mass is 10.1. The summed E-state index contributed by atoms with van der Waals surface area (Å²) in [7, 11) is 0. The first-order valence-electron chi connectivity index (χ1n) is 8.09. The van der Waals surface area contributed by atoms with Gasteiger partial charge >= 0.3 is 0 Å². The van der Waals surface area contributed by atoms with Crippen LogP contribution in [-0.2, 0) is 4.74 Å². The van der Waals surface area contributed by atoms with E-state index in [1.165, 1.54) is 0 Å². The van der Waals surface area contributed by atoms with Crippen molar-refractivity contribution in [3.8, 4) is 0 Å². The van der Waals surface area contributed by atoms with Crippen molar-refractivity contribution in [3.05, 3.63) is 53.3 Å². The third-order valence-corrected chi connectivity index (χ3v) is 4.79. The standard InChI is InChI=1S/C17H20ClN5O/c18-12-4-7-23(14-8-16(20)24-17(12)14)15-9-21-5-3-13(15)22-6-1-2-11(19)10-22/h3-5,7-9,11,16H,1-2,6,10,19-20H2/t11-,16?/m0/s1. The molecule has 1 saturated heterocycles. The highest BCUT2D eigenvalue weighted by atomic mass is 35.5. The number of aromatic nitrogens is 1. The quantitative estimate of drug-likeness (QED) is 0.853. The number of hydrogen-bond donors (Lipinski definition) is 2. The molecule has 0 radical (unpaired) electrons. The molecule has 0 saturated carbocycles. The van der Waals surface area contributed by atoms with E-state index in [2.05, 4.69) is 9.88 Å². The third-order valence-electron chi connectivity index (χ3n) is 4.49. The fourth-order valence-electron chi connectivity index (χ4n) is 3.40. The van der Waals surface area contributed by atoms with Crippen molar-refractivity contribution in [2.45, 2.75) is 25.1 Å². The molecular weight excluding hydrogens is 326 g/mol. The van der Waals surface area contributed by atoms with Crippen LogP contribution in [0.25, 0.3) is 0 Å². The summed E-state index contributed by atoms with van der Waals surface area (Å²) in [4.78, 5) is 8.64. The SMILES string of the molecule is NC1C=C2C(=C(Cl)C=CN2c2cnccc2N2CCC[C@H](N)C2)O1. The molecule has 3 aliphatic rings. The second kappa shape index (κ2) is 6.12. The van der Waals surface area contributed by atoms with Gasteiger partial charge in [0, 0.05) is 31.5 Å². The van der Waals surface area contributed by atoms with E-state index in [9.17, 15) is 0 Å². The molecule has 24 heavy (non-hydrogen) atoms. The zero-order valence-electron chi connectivity index (χ0n) is 13.2. The fourth-order valence-corrected chi connectivity index (χ4v) is 3.59. The van der Waals surface area contributed by atoms with Gasteiger partial charge < -0.3 is 20.3 Å². The number of nitrogens with zero attached hydrogens (tertiary/aromatic N) is 3. The number of ether oxygens (including phenoxy) is 1. The molecule has 0 amide bonds. The molecule has 126 valence electrons. The second-order valence-electron chi connectivity index (χ2n) is 6.21. The Morgan fingerprint density at radius 2 is 2.17 bits per heavy atom. The van der Waals surface area contributed by atoms with E-state index >= 15 is 0 Å². The van der Waals surface area contributed by atoms with Crippen molar-refractivity contribution >= 4 is 23.0 Å². The molecule has 1 fully saturated rings. The van der Waals surface area contributed by atoms with Gasteiger partial charge in [-0.15, -0.1) is 0 Å². The van der Waals surface area contributed by atoms with Gasteiger partial charge in [-0.3, -0.25) is 10.7 Å². The first kappa shape index (κ1) is 15.5. The molecule has 0 spiro atoms. The number of hydrogen-bond acceptors (Lipinski definition) is 6. The number of piperidine rings is 1. The number of fused-ring (bicyclic) bond motifs is 1. The van der Waals surface area contributed by atoms with Crippen LogP contribution >= 0.6 is 11.6 Å². The van der Waals surface area contributed by atoms with Crippen molar-refractivity contribution in [2.75, 3.05) is 22.9 Å². The molecule has 7 heteroatoms. The number of nitrogens with two attached hydrogens (primary N) is 2. The van der Waals surface area contributed by atoms with E-state index in [-0.39, 0.29) is 6.04 Å². The Kier molecular flexibility index (Phi) is 3.96. The Morgan fingerprint density at radius 1 is 1.29 bits per heavy atom. The molecular formula is C17H20ClN5O. The van der Waals surface area contributed by atoms with Gasteiger partial charge in [0.2, 0.25) is 0 Å². The van der Waals surface area contributed by atoms with Gasteiger partial charge in [0.25, 0.3) is 0 Å². The summed E-state index contributed by atoms with van der Waals surface area (Å²) in [5.74, 6) is 0.608. The zero-order valence-corrected chi connectivity index (χ0v) is 14.0. The van der Waals surface area contributed by atoms with Gasteiger partial charge in [-0.2, -0.15) is 0 Å². The van der Waals surface area contributed by atoms with Crippen LogP contribution in [0.3, 0.4) is 0 Å². The van der Waals surface area contributed by atoms with E-state index in [1.807, 2.05) is 41.7 Å². The molecule has 1 unspecified atom stereocenters. The van der Waals surface area contributed by atoms with Crippen LogP contribution in [0.1, 0.15) is 12.8 Å². The maximum atomic E-state index is 6.25. The van der Waals surface area contributed by atoms with E-state index in [4.69, 9.17) is 27.8 Å². The summed E-state index contributed by atoms with van der Waals surface area (Å²) in [5, 5.41) is 0.552. The predicted molar refractivity (Wildman–Crippen MR) is 95.3 cm³/mol. The lowest BCUT2D eigenvalue weighted by Crippen LogP contribution is -2.43. The molecule has 2 atom stereocenters. The Hall–Kier alpha value is -2.02. The smallest absolute Gasteiger partial charge is 0.169 e. The van der Waals surface area contributed by atoms with Crippen molar-refractivity contribution in [1.82, 2.24) is 4.98 Å². The molecule has 1 aromatic rings. The van der Waals surface area contributed by atoms with Crippen molar-refractivity contribution in [1.29, 1.82) is 0 Å². The molecule has 0 aromatic carbocycles. The van der Waals surface area contributed by atoms with Crippen LogP contribution in [-0.4, -0.2) is 30.3 Å². The van der Waals surface area contributed by atoms with Gasteiger partial charge in [-0.25, -0.2) is 0 Å². The van der Waals surface area contributed by atoms with Crippen LogP contribution in [0.2, 0.25) is 0 Å². The van der Waals surface area contributed by atoms with E-state index in [1.54, 1.807) is 0 Å². The molecule has 6 nitrogen and oxygen atoms in total. The number of allylic oxidation sites excluding steroid dienone is 2. The first-order valence-corrected chi connectivity index (χ1v) is 8.47. The highest BCUT2D eigenvalue weighted by molar-refractivity contribution is 6.32. The maximum absolute atomic E-state index is 6.25. The molecule has 3 aliphatic heterocycles.